The molecule has 0 amide bonds. The van der Waals surface area contributed by atoms with E-state index in [9.17, 15) is 0 Å². The molecule has 0 saturated heterocycles. The summed E-state index contributed by atoms with van der Waals surface area (Å²) in [4.78, 5) is 0. The maximum absolute atomic E-state index is 6.04. The fraction of sp³-hybridized carbons (Fsp3) is 0.647. The van der Waals surface area contributed by atoms with E-state index < -0.39 is 0 Å². The molecule has 3 nitrogen and oxygen atoms in total. The molecule has 1 aromatic rings. The lowest BCUT2D eigenvalue weighted by molar-refractivity contribution is 0.103. The normalized spacial score (nSPS) is 25.3. The van der Waals surface area contributed by atoms with Crippen LogP contribution in [0.4, 0.5) is 0 Å². The van der Waals surface area contributed by atoms with Crippen molar-refractivity contribution >= 4 is 11.6 Å². The molecule has 0 heterocycles. The second kappa shape index (κ2) is 8.02. The fourth-order valence-corrected chi connectivity index (χ4v) is 3.69. The zero-order valence-electron chi connectivity index (χ0n) is 13.0. The Morgan fingerprint density at radius 2 is 2.24 bits per heavy atom. The molecular weight excluding hydrogens is 284 g/mol. The summed E-state index contributed by atoms with van der Waals surface area (Å²) in [7, 11) is 0. The SMILES string of the molecule is CCC1CCCC(C(NN)C(C)Oc2cccc(Cl)c2)C1. The Labute approximate surface area is 133 Å². The number of hydrogen-bond donors (Lipinski definition) is 2. The number of rotatable bonds is 6. The van der Waals surface area contributed by atoms with Crippen molar-refractivity contribution in [3.8, 4) is 5.75 Å². The molecule has 1 aliphatic carbocycles. The van der Waals surface area contributed by atoms with E-state index in [-0.39, 0.29) is 12.1 Å². The summed E-state index contributed by atoms with van der Waals surface area (Å²) in [6.45, 7) is 4.37. The summed E-state index contributed by atoms with van der Waals surface area (Å²) in [5.41, 5.74) is 2.99. The third kappa shape index (κ3) is 4.60. The van der Waals surface area contributed by atoms with Crippen molar-refractivity contribution in [1.82, 2.24) is 5.43 Å². The highest BCUT2D eigenvalue weighted by Crippen LogP contribution is 2.34. The molecular formula is C17H27ClN2O. The third-order valence-corrected chi connectivity index (χ3v) is 4.96. The minimum Gasteiger partial charge on any atom is -0.489 e. The van der Waals surface area contributed by atoms with E-state index in [0.717, 1.165) is 11.7 Å². The van der Waals surface area contributed by atoms with E-state index in [1.54, 1.807) is 0 Å². The van der Waals surface area contributed by atoms with Crippen LogP contribution in [0.15, 0.2) is 24.3 Å². The largest absolute Gasteiger partial charge is 0.489 e. The Morgan fingerprint density at radius 1 is 1.43 bits per heavy atom. The minimum atomic E-state index is 0.0223. The predicted octanol–water partition coefficient (Wildman–Crippen LogP) is 4.16. The maximum atomic E-state index is 6.04. The van der Waals surface area contributed by atoms with Crippen molar-refractivity contribution < 1.29 is 4.74 Å². The second-order valence-corrected chi connectivity index (χ2v) is 6.61. The van der Waals surface area contributed by atoms with Gasteiger partial charge in [-0.2, -0.15) is 0 Å². The number of nitrogens with two attached hydrogens (primary N) is 1. The molecule has 1 aliphatic rings. The first-order valence-corrected chi connectivity index (χ1v) is 8.40. The molecule has 0 bridgehead atoms. The number of hydrogen-bond acceptors (Lipinski definition) is 3. The first kappa shape index (κ1) is 16.6. The van der Waals surface area contributed by atoms with Gasteiger partial charge in [-0.3, -0.25) is 11.3 Å². The van der Waals surface area contributed by atoms with Crippen LogP contribution in [0.2, 0.25) is 5.02 Å². The van der Waals surface area contributed by atoms with Gasteiger partial charge in [0, 0.05) is 5.02 Å². The first-order valence-electron chi connectivity index (χ1n) is 8.02. The van der Waals surface area contributed by atoms with E-state index in [2.05, 4.69) is 19.3 Å². The zero-order chi connectivity index (χ0) is 15.2. The summed E-state index contributed by atoms with van der Waals surface area (Å²) in [6.07, 6.45) is 6.41. The Morgan fingerprint density at radius 3 is 2.90 bits per heavy atom. The van der Waals surface area contributed by atoms with Crippen molar-refractivity contribution in [2.75, 3.05) is 0 Å². The van der Waals surface area contributed by atoms with Gasteiger partial charge in [0.2, 0.25) is 0 Å². The molecule has 118 valence electrons. The van der Waals surface area contributed by atoms with Crippen molar-refractivity contribution in [3.63, 3.8) is 0 Å². The summed E-state index contributed by atoms with van der Waals surface area (Å²) < 4.78 is 6.04. The highest BCUT2D eigenvalue weighted by atomic mass is 35.5. The highest BCUT2D eigenvalue weighted by Gasteiger charge is 2.31. The third-order valence-electron chi connectivity index (χ3n) is 4.72. The number of nitrogens with one attached hydrogen (secondary N) is 1. The van der Waals surface area contributed by atoms with Crippen LogP contribution in [0, 0.1) is 11.8 Å². The lowest BCUT2D eigenvalue weighted by Gasteiger charge is -2.36. The molecule has 0 aliphatic heterocycles. The topological polar surface area (TPSA) is 47.3 Å². The van der Waals surface area contributed by atoms with Crippen LogP contribution in [0.25, 0.3) is 0 Å². The molecule has 4 atom stereocenters. The second-order valence-electron chi connectivity index (χ2n) is 6.17. The van der Waals surface area contributed by atoms with Crippen molar-refractivity contribution in [1.29, 1.82) is 0 Å². The number of benzene rings is 1. The summed E-state index contributed by atoms with van der Waals surface area (Å²) in [6, 6.07) is 7.72. The molecule has 0 spiro atoms. The van der Waals surface area contributed by atoms with E-state index in [1.165, 1.54) is 32.1 Å². The van der Waals surface area contributed by atoms with Gasteiger partial charge in [-0.05, 0) is 49.8 Å². The minimum absolute atomic E-state index is 0.0223. The molecule has 4 heteroatoms. The fourth-order valence-electron chi connectivity index (χ4n) is 3.51. The molecule has 4 unspecified atom stereocenters. The molecule has 3 N–H and O–H groups in total. The van der Waals surface area contributed by atoms with Gasteiger partial charge in [0.05, 0.1) is 6.04 Å². The molecule has 1 aromatic carbocycles. The number of hydrazine groups is 1. The van der Waals surface area contributed by atoms with Crippen molar-refractivity contribution in [2.45, 2.75) is 58.1 Å². The molecule has 0 aromatic heterocycles. The standard InChI is InChI=1S/C17H27ClN2O/c1-3-13-6-4-7-14(10-13)17(20-19)12(2)21-16-9-5-8-15(18)11-16/h5,8-9,11-14,17,20H,3-4,6-7,10,19H2,1-2H3. The van der Waals surface area contributed by atoms with Crippen LogP contribution < -0.4 is 16.0 Å². The molecule has 21 heavy (non-hydrogen) atoms. The summed E-state index contributed by atoms with van der Waals surface area (Å²) >= 11 is 6.01. The van der Waals surface area contributed by atoms with E-state index in [4.69, 9.17) is 22.2 Å². The van der Waals surface area contributed by atoms with Crippen LogP contribution in [0.3, 0.4) is 0 Å². The summed E-state index contributed by atoms with van der Waals surface area (Å²) in [5.74, 6) is 8.04. The van der Waals surface area contributed by atoms with Gasteiger partial charge in [-0.1, -0.05) is 43.9 Å². The maximum Gasteiger partial charge on any atom is 0.121 e. The lowest BCUT2D eigenvalue weighted by Crippen LogP contribution is -2.51. The average Bonchev–Trinajstić information content (AvgIpc) is 2.48. The Bertz CT molecular complexity index is 441. The quantitative estimate of drug-likeness (QED) is 0.613. The molecule has 1 fully saturated rings. The number of ether oxygens (including phenoxy) is 1. The van der Waals surface area contributed by atoms with Crippen LogP contribution in [0.1, 0.15) is 46.0 Å². The van der Waals surface area contributed by atoms with E-state index in [1.807, 2.05) is 24.3 Å². The monoisotopic (exact) mass is 310 g/mol. The van der Waals surface area contributed by atoms with Gasteiger partial charge in [-0.25, -0.2) is 0 Å². The van der Waals surface area contributed by atoms with Crippen molar-refractivity contribution in [3.05, 3.63) is 29.3 Å². The van der Waals surface area contributed by atoms with Crippen molar-refractivity contribution in [2.24, 2.45) is 17.7 Å². The van der Waals surface area contributed by atoms with Gasteiger partial charge in [-0.15, -0.1) is 0 Å². The first-order chi connectivity index (χ1) is 10.1. The van der Waals surface area contributed by atoms with Gasteiger partial charge in [0.25, 0.3) is 0 Å². The number of halogens is 1. The van der Waals surface area contributed by atoms with Crippen LogP contribution in [0.5, 0.6) is 5.75 Å². The Kier molecular flexibility index (Phi) is 6.34. The van der Waals surface area contributed by atoms with Crippen LogP contribution in [-0.4, -0.2) is 12.1 Å². The zero-order valence-corrected chi connectivity index (χ0v) is 13.8. The van der Waals surface area contributed by atoms with Gasteiger partial charge in [0.15, 0.2) is 0 Å². The molecule has 0 radical (unpaired) electrons. The van der Waals surface area contributed by atoms with Gasteiger partial charge in [0.1, 0.15) is 11.9 Å². The van der Waals surface area contributed by atoms with Crippen LogP contribution >= 0.6 is 11.6 Å². The Balaban J connectivity index is 1.99. The average molecular weight is 311 g/mol. The predicted molar refractivity (Wildman–Crippen MR) is 88.4 cm³/mol. The summed E-state index contributed by atoms with van der Waals surface area (Å²) in [5, 5.41) is 0.695. The smallest absolute Gasteiger partial charge is 0.121 e. The molecule has 2 rings (SSSR count). The lowest BCUT2D eigenvalue weighted by atomic mass is 9.76. The Hall–Kier alpha value is -0.770. The van der Waals surface area contributed by atoms with E-state index >= 15 is 0 Å². The van der Waals surface area contributed by atoms with Gasteiger partial charge >= 0.3 is 0 Å². The highest BCUT2D eigenvalue weighted by molar-refractivity contribution is 6.30. The van der Waals surface area contributed by atoms with E-state index in [0.29, 0.717) is 10.9 Å². The van der Waals surface area contributed by atoms with Crippen LogP contribution in [-0.2, 0) is 0 Å². The van der Waals surface area contributed by atoms with Gasteiger partial charge < -0.3 is 4.74 Å². The molecule has 1 saturated carbocycles.